The minimum absolute atomic E-state index is 0.0266. The Morgan fingerprint density at radius 3 is 2.68 bits per heavy atom. The highest BCUT2D eigenvalue weighted by atomic mass is 19.1. The number of hydrogen-bond donors (Lipinski definition) is 3. The maximum absolute atomic E-state index is 13.4. The summed E-state index contributed by atoms with van der Waals surface area (Å²) in [6.07, 6.45) is -0.0427. The molecule has 0 saturated carbocycles. The first kappa shape index (κ1) is 14.9. The van der Waals surface area contributed by atoms with Gasteiger partial charge in [0.1, 0.15) is 11.7 Å². The zero-order valence-corrected chi connectivity index (χ0v) is 11.0. The van der Waals surface area contributed by atoms with E-state index in [1.807, 2.05) is 0 Å². The van der Waals surface area contributed by atoms with E-state index in [0.717, 1.165) is 0 Å². The molecule has 1 aromatic rings. The number of amides is 1. The average Bonchev–Trinajstić information content (AvgIpc) is 2.38. The molecule has 4 N–H and O–H groups in total. The molecule has 0 atom stereocenters. The third kappa shape index (κ3) is 4.24. The largest absolute Gasteiger partial charge is 0.409 e. The SMILES string of the molecule is CC(C)(CNC(=O)Cc1ccccc1F)/C(N)=N/O. The normalized spacial score (nSPS) is 12.3. The Morgan fingerprint density at radius 1 is 1.47 bits per heavy atom. The molecule has 0 heterocycles. The maximum atomic E-state index is 13.4. The van der Waals surface area contributed by atoms with E-state index in [-0.39, 0.29) is 24.7 Å². The molecule has 0 aliphatic heterocycles. The zero-order chi connectivity index (χ0) is 14.5. The lowest BCUT2D eigenvalue weighted by Gasteiger charge is -2.23. The van der Waals surface area contributed by atoms with Crippen molar-refractivity contribution in [3.8, 4) is 0 Å². The van der Waals surface area contributed by atoms with Crippen LogP contribution in [0.25, 0.3) is 0 Å². The Bertz CT molecular complexity index is 487. The zero-order valence-electron chi connectivity index (χ0n) is 11.0. The van der Waals surface area contributed by atoms with Crippen LogP contribution in [0, 0.1) is 11.2 Å². The van der Waals surface area contributed by atoms with Crippen molar-refractivity contribution in [1.82, 2.24) is 5.32 Å². The highest BCUT2D eigenvalue weighted by Crippen LogP contribution is 2.13. The van der Waals surface area contributed by atoms with E-state index >= 15 is 0 Å². The minimum Gasteiger partial charge on any atom is -0.409 e. The molecule has 0 unspecified atom stereocenters. The van der Waals surface area contributed by atoms with Crippen LogP contribution in [-0.2, 0) is 11.2 Å². The summed E-state index contributed by atoms with van der Waals surface area (Å²) >= 11 is 0. The fourth-order valence-electron chi connectivity index (χ4n) is 1.42. The first-order chi connectivity index (χ1) is 8.86. The number of carbonyl (C=O) groups is 1. The van der Waals surface area contributed by atoms with Crippen molar-refractivity contribution in [1.29, 1.82) is 0 Å². The summed E-state index contributed by atoms with van der Waals surface area (Å²) in [7, 11) is 0. The molecule has 0 saturated heterocycles. The van der Waals surface area contributed by atoms with Gasteiger partial charge in [-0.05, 0) is 11.6 Å². The van der Waals surface area contributed by atoms with Gasteiger partial charge in [-0.15, -0.1) is 0 Å². The number of nitrogens with two attached hydrogens (primary N) is 1. The van der Waals surface area contributed by atoms with E-state index < -0.39 is 11.2 Å². The molecule has 19 heavy (non-hydrogen) atoms. The smallest absolute Gasteiger partial charge is 0.224 e. The lowest BCUT2D eigenvalue weighted by atomic mass is 9.92. The Kier molecular flexibility index (Phi) is 4.86. The van der Waals surface area contributed by atoms with Crippen molar-refractivity contribution in [2.24, 2.45) is 16.3 Å². The van der Waals surface area contributed by atoms with Crippen LogP contribution in [0.1, 0.15) is 19.4 Å². The number of nitrogens with zero attached hydrogens (tertiary/aromatic N) is 1. The third-order valence-electron chi connectivity index (χ3n) is 2.84. The van der Waals surface area contributed by atoms with Crippen molar-refractivity contribution in [2.75, 3.05) is 6.54 Å². The van der Waals surface area contributed by atoms with Crippen LogP contribution < -0.4 is 11.1 Å². The summed E-state index contributed by atoms with van der Waals surface area (Å²) in [6.45, 7) is 3.66. The molecule has 0 aromatic heterocycles. The van der Waals surface area contributed by atoms with Crippen molar-refractivity contribution in [2.45, 2.75) is 20.3 Å². The Balaban J connectivity index is 2.56. The molecule has 0 fully saturated rings. The van der Waals surface area contributed by atoms with Gasteiger partial charge < -0.3 is 16.3 Å². The molecule has 1 aromatic carbocycles. The summed E-state index contributed by atoms with van der Waals surface area (Å²) in [4.78, 5) is 11.7. The molecule has 0 aliphatic carbocycles. The van der Waals surface area contributed by atoms with Gasteiger partial charge in [-0.2, -0.15) is 0 Å². The number of benzene rings is 1. The van der Waals surface area contributed by atoms with Crippen LogP contribution in [0.5, 0.6) is 0 Å². The summed E-state index contributed by atoms with van der Waals surface area (Å²) in [5.41, 5.74) is 5.17. The number of carbonyl (C=O) groups excluding carboxylic acids is 1. The van der Waals surface area contributed by atoms with Gasteiger partial charge in [0.25, 0.3) is 0 Å². The van der Waals surface area contributed by atoms with Gasteiger partial charge >= 0.3 is 0 Å². The van der Waals surface area contributed by atoms with Gasteiger partial charge in [0, 0.05) is 12.0 Å². The number of halogens is 1. The van der Waals surface area contributed by atoms with E-state index in [1.165, 1.54) is 6.07 Å². The molecule has 0 spiro atoms. The molecule has 0 bridgehead atoms. The fourth-order valence-corrected chi connectivity index (χ4v) is 1.42. The van der Waals surface area contributed by atoms with Gasteiger partial charge in [0.2, 0.25) is 5.91 Å². The second kappa shape index (κ2) is 6.17. The van der Waals surface area contributed by atoms with Crippen molar-refractivity contribution >= 4 is 11.7 Å². The van der Waals surface area contributed by atoms with E-state index in [4.69, 9.17) is 10.9 Å². The van der Waals surface area contributed by atoms with Crippen LogP contribution in [0.15, 0.2) is 29.4 Å². The Labute approximate surface area is 111 Å². The Hall–Kier alpha value is -2.11. The lowest BCUT2D eigenvalue weighted by molar-refractivity contribution is -0.120. The molecule has 104 valence electrons. The van der Waals surface area contributed by atoms with Crippen molar-refractivity contribution < 1.29 is 14.4 Å². The van der Waals surface area contributed by atoms with Gasteiger partial charge in [-0.3, -0.25) is 4.79 Å². The molecule has 1 rings (SSSR count). The van der Waals surface area contributed by atoms with Gasteiger partial charge in [0.05, 0.1) is 6.42 Å². The first-order valence-corrected chi connectivity index (χ1v) is 5.85. The van der Waals surface area contributed by atoms with Crippen LogP contribution in [0.2, 0.25) is 0 Å². The average molecular weight is 267 g/mol. The van der Waals surface area contributed by atoms with Gasteiger partial charge in [-0.1, -0.05) is 37.2 Å². The van der Waals surface area contributed by atoms with Crippen LogP contribution >= 0.6 is 0 Å². The van der Waals surface area contributed by atoms with Crippen molar-refractivity contribution in [3.05, 3.63) is 35.6 Å². The van der Waals surface area contributed by atoms with E-state index in [0.29, 0.717) is 5.56 Å². The highest BCUT2D eigenvalue weighted by Gasteiger charge is 2.24. The van der Waals surface area contributed by atoms with Crippen LogP contribution in [0.4, 0.5) is 4.39 Å². The quantitative estimate of drug-likeness (QED) is 0.325. The number of hydrogen-bond acceptors (Lipinski definition) is 3. The predicted octanol–water partition coefficient (Wildman–Crippen LogP) is 1.26. The molecule has 5 nitrogen and oxygen atoms in total. The maximum Gasteiger partial charge on any atom is 0.224 e. The molecule has 0 aliphatic rings. The summed E-state index contributed by atoms with van der Waals surface area (Å²) in [5, 5.41) is 14.2. The topological polar surface area (TPSA) is 87.7 Å². The molecular weight excluding hydrogens is 249 g/mol. The predicted molar refractivity (Wildman–Crippen MR) is 70.3 cm³/mol. The monoisotopic (exact) mass is 267 g/mol. The van der Waals surface area contributed by atoms with Crippen LogP contribution in [0.3, 0.4) is 0 Å². The number of rotatable bonds is 5. The number of nitrogens with one attached hydrogen (secondary N) is 1. The molecular formula is C13H18FN3O2. The molecule has 0 radical (unpaired) electrons. The van der Waals surface area contributed by atoms with Gasteiger partial charge in [0.15, 0.2) is 0 Å². The lowest BCUT2D eigenvalue weighted by Crippen LogP contribution is -2.43. The number of amidine groups is 1. The van der Waals surface area contributed by atoms with Crippen LogP contribution in [-0.4, -0.2) is 23.5 Å². The first-order valence-electron chi connectivity index (χ1n) is 5.85. The van der Waals surface area contributed by atoms with Crippen molar-refractivity contribution in [3.63, 3.8) is 0 Å². The second-order valence-corrected chi connectivity index (χ2v) is 4.91. The minimum atomic E-state index is -0.667. The van der Waals surface area contributed by atoms with Gasteiger partial charge in [-0.25, -0.2) is 4.39 Å². The summed E-state index contributed by atoms with van der Waals surface area (Å²) in [6, 6.07) is 6.11. The number of oxime groups is 1. The molecule has 1 amide bonds. The fraction of sp³-hybridized carbons (Fsp3) is 0.385. The van der Waals surface area contributed by atoms with E-state index in [2.05, 4.69) is 10.5 Å². The molecule has 6 heteroatoms. The second-order valence-electron chi connectivity index (χ2n) is 4.91. The summed E-state index contributed by atoms with van der Waals surface area (Å²) < 4.78 is 13.4. The summed E-state index contributed by atoms with van der Waals surface area (Å²) in [5.74, 6) is -0.698. The third-order valence-corrected chi connectivity index (χ3v) is 2.84. The van der Waals surface area contributed by atoms with E-state index in [9.17, 15) is 9.18 Å². The Morgan fingerprint density at radius 2 is 2.11 bits per heavy atom. The standard InChI is InChI=1S/C13H18FN3O2/c1-13(2,12(15)17-19)8-16-11(18)7-9-5-3-4-6-10(9)14/h3-6,19H,7-8H2,1-2H3,(H2,15,17)(H,16,18). The van der Waals surface area contributed by atoms with E-state index in [1.54, 1.807) is 32.0 Å². The highest BCUT2D eigenvalue weighted by molar-refractivity contribution is 5.86.